The zero-order chi connectivity index (χ0) is 29.1. The molecule has 0 aliphatic carbocycles. The van der Waals surface area contributed by atoms with Gasteiger partial charge in [0.25, 0.3) is 0 Å². The molecule has 1 aromatic heterocycles. The second-order valence-electron chi connectivity index (χ2n) is 9.45. The monoisotopic (exact) mass is 545 g/mol. The number of nitrogens with two attached hydrogens (primary N) is 2. The molecule has 1 heterocycles. The average molecular weight is 546 g/mol. The van der Waals surface area contributed by atoms with Crippen LogP contribution in [-0.2, 0) is 36.8 Å². The number of aliphatic carboxylic acids is 1. The van der Waals surface area contributed by atoms with E-state index >= 15 is 0 Å². The molecular formula is C25H35N7O7. The minimum atomic E-state index is -1.31. The van der Waals surface area contributed by atoms with Crippen molar-refractivity contribution in [1.29, 1.82) is 0 Å². The van der Waals surface area contributed by atoms with E-state index in [0.717, 1.165) is 0 Å². The van der Waals surface area contributed by atoms with Gasteiger partial charge >= 0.3 is 5.97 Å². The lowest BCUT2D eigenvalue weighted by Crippen LogP contribution is -2.58. The molecule has 4 unspecified atom stereocenters. The molecule has 0 spiro atoms. The van der Waals surface area contributed by atoms with Crippen molar-refractivity contribution in [2.75, 3.05) is 0 Å². The van der Waals surface area contributed by atoms with Gasteiger partial charge in [-0.1, -0.05) is 26.0 Å². The summed E-state index contributed by atoms with van der Waals surface area (Å²) in [5, 5.41) is 26.3. The number of aromatic nitrogens is 2. The number of nitrogens with one attached hydrogen (secondary N) is 4. The van der Waals surface area contributed by atoms with Gasteiger partial charge in [-0.2, -0.15) is 0 Å². The summed E-state index contributed by atoms with van der Waals surface area (Å²) >= 11 is 0. The number of phenolic OH excluding ortho intramolecular Hbond substituents is 1. The van der Waals surface area contributed by atoms with Crippen LogP contribution in [0.3, 0.4) is 0 Å². The number of hydrogen-bond donors (Lipinski definition) is 8. The number of carboxylic acid groups (broad SMARTS) is 1. The second-order valence-corrected chi connectivity index (χ2v) is 9.45. The fraction of sp³-hybridized carbons (Fsp3) is 0.440. The predicted molar refractivity (Wildman–Crippen MR) is 139 cm³/mol. The van der Waals surface area contributed by atoms with Crippen molar-refractivity contribution >= 4 is 29.6 Å². The molecule has 0 saturated heterocycles. The molecule has 0 radical (unpaired) electrons. The molecule has 0 fully saturated rings. The van der Waals surface area contributed by atoms with Crippen LogP contribution in [0.5, 0.6) is 5.75 Å². The first-order valence-electron chi connectivity index (χ1n) is 12.3. The number of hydrogen-bond acceptors (Lipinski definition) is 8. The van der Waals surface area contributed by atoms with Crippen LogP contribution in [0, 0.1) is 5.92 Å². The van der Waals surface area contributed by atoms with E-state index in [1.165, 1.54) is 24.7 Å². The topological polar surface area (TPSA) is 243 Å². The molecule has 14 heteroatoms. The smallest absolute Gasteiger partial charge is 0.326 e. The van der Waals surface area contributed by atoms with Crippen molar-refractivity contribution in [2.24, 2.45) is 17.4 Å². The number of phenols is 1. The molecule has 4 amide bonds. The molecule has 0 saturated carbocycles. The van der Waals surface area contributed by atoms with Gasteiger partial charge < -0.3 is 42.6 Å². The minimum absolute atomic E-state index is 0.0304. The van der Waals surface area contributed by atoms with Crippen molar-refractivity contribution in [1.82, 2.24) is 25.9 Å². The molecule has 0 bridgehead atoms. The summed E-state index contributed by atoms with van der Waals surface area (Å²) in [7, 11) is 0. The number of aromatic hydroxyl groups is 1. The van der Waals surface area contributed by atoms with Gasteiger partial charge in [-0.25, -0.2) is 9.78 Å². The maximum atomic E-state index is 13.3. The number of rotatable bonds is 15. The van der Waals surface area contributed by atoms with Gasteiger partial charge in [-0.05, 0) is 36.5 Å². The Morgan fingerprint density at radius 3 is 2.10 bits per heavy atom. The number of carbonyl (C=O) groups is 5. The Kier molecular flexibility index (Phi) is 11.4. The number of carboxylic acids is 1. The third-order valence-corrected chi connectivity index (χ3v) is 5.88. The van der Waals surface area contributed by atoms with Crippen molar-refractivity contribution < 1.29 is 34.2 Å². The lowest BCUT2D eigenvalue weighted by atomic mass is 10.0. The standard InChI is InChI=1S/C25H35N7O7/c1-13(2)21(25(38)39)32-23(36)18(7-8-20(27)34)30-24(37)19(10-15-11-28-12-29-15)31-22(35)17(26)9-14-3-5-16(33)6-4-14/h3-6,11-13,17-19,21,33H,7-10,26H2,1-2H3,(H2,27,34)(H,28,29)(H,30,37)(H,31,35)(H,32,36)(H,38,39). The third kappa shape index (κ3) is 10.1. The van der Waals surface area contributed by atoms with Crippen molar-refractivity contribution in [2.45, 2.75) is 63.7 Å². The lowest BCUT2D eigenvalue weighted by molar-refractivity contribution is -0.143. The number of benzene rings is 1. The molecule has 14 nitrogen and oxygen atoms in total. The van der Waals surface area contributed by atoms with Crippen LogP contribution in [0.4, 0.5) is 0 Å². The number of carbonyl (C=O) groups excluding carboxylic acids is 4. The fourth-order valence-electron chi connectivity index (χ4n) is 3.68. The van der Waals surface area contributed by atoms with E-state index in [1.807, 2.05) is 0 Å². The summed E-state index contributed by atoms with van der Waals surface area (Å²) in [5.41, 5.74) is 12.5. The van der Waals surface area contributed by atoms with Crippen molar-refractivity contribution in [3.8, 4) is 5.75 Å². The highest BCUT2D eigenvalue weighted by Gasteiger charge is 2.31. The summed E-state index contributed by atoms with van der Waals surface area (Å²) in [4.78, 5) is 68.8. The third-order valence-electron chi connectivity index (χ3n) is 5.88. The molecule has 2 rings (SSSR count). The molecule has 1 aromatic carbocycles. The zero-order valence-corrected chi connectivity index (χ0v) is 21.7. The molecule has 0 aliphatic heterocycles. The Labute approximate surface area is 224 Å². The number of imidazole rings is 1. The van der Waals surface area contributed by atoms with Crippen LogP contribution in [0.15, 0.2) is 36.8 Å². The number of amides is 4. The molecule has 39 heavy (non-hydrogen) atoms. The predicted octanol–water partition coefficient (Wildman–Crippen LogP) is -1.31. The molecule has 0 aliphatic rings. The van der Waals surface area contributed by atoms with E-state index in [4.69, 9.17) is 11.5 Å². The van der Waals surface area contributed by atoms with Crippen molar-refractivity contribution in [3.63, 3.8) is 0 Å². The SMILES string of the molecule is CC(C)C(NC(=O)C(CCC(N)=O)NC(=O)C(Cc1cnc[nH]1)NC(=O)C(N)Cc1ccc(O)cc1)C(=O)O. The van der Waals surface area contributed by atoms with Crippen LogP contribution in [0.2, 0.25) is 0 Å². The lowest BCUT2D eigenvalue weighted by Gasteiger charge is -2.26. The van der Waals surface area contributed by atoms with E-state index in [9.17, 15) is 34.2 Å². The molecular weight excluding hydrogens is 510 g/mol. The van der Waals surface area contributed by atoms with Crippen LogP contribution >= 0.6 is 0 Å². The van der Waals surface area contributed by atoms with Crippen LogP contribution in [-0.4, -0.2) is 73.9 Å². The summed E-state index contributed by atoms with van der Waals surface area (Å²) in [5.74, 6) is -4.61. The van der Waals surface area contributed by atoms with Gasteiger partial charge in [0.05, 0.1) is 12.4 Å². The Morgan fingerprint density at radius 2 is 1.56 bits per heavy atom. The Morgan fingerprint density at radius 1 is 0.949 bits per heavy atom. The number of aromatic amines is 1. The van der Waals surface area contributed by atoms with E-state index in [-0.39, 0.29) is 31.4 Å². The van der Waals surface area contributed by atoms with Crippen LogP contribution in [0.25, 0.3) is 0 Å². The molecule has 10 N–H and O–H groups in total. The largest absolute Gasteiger partial charge is 0.508 e. The summed E-state index contributed by atoms with van der Waals surface area (Å²) in [6.45, 7) is 3.21. The van der Waals surface area contributed by atoms with Crippen molar-refractivity contribution in [3.05, 3.63) is 48.0 Å². The van der Waals surface area contributed by atoms with Gasteiger partial charge in [0.15, 0.2) is 0 Å². The maximum absolute atomic E-state index is 13.3. The number of primary amides is 1. The number of H-pyrrole nitrogens is 1. The van der Waals surface area contributed by atoms with E-state index < -0.39 is 59.7 Å². The minimum Gasteiger partial charge on any atom is -0.508 e. The van der Waals surface area contributed by atoms with Gasteiger partial charge in [-0.15, -0.1) is 0 Å². The Hall–Kier alpha value is -4.46. The summed E-state index contributed by atoms with van der Waals surface area (Å²) in [6.07, 6.45) is 2.50. The number of nitrogens with zero attached hydrogens (tertiary/aromatic N) is 1. The van der Waals surface area contributed by atoms with Gasteiger partial charge in [0.2, 0.25) is 23.6 Å². The van der Waals surface area contributed by atoms with Gasteiger partial charge in [0.1, 0.15) is 23.9 Å². The van der Waals surface area contributed by atoms with E-state index in [1.54, 1.807) is 26.0 Å². The van der Waals surface area contributed by atoms with Gasteiger partial charge in [0, 0.05) is 24.7 Å². The normalized spacial score (nSPS) is 14.1. The molecule has 212 valence electrons. The average Bonchev–Trinajstić information content (AvgIpc) is 3.38. The molecule has 4 atom stereocenters. The summed E-state index contributed by atoms with van der Waals surface area (Å²) < 4.78 is 0. The first-order valence-corrected chi connectivity index (χ1v) is 12.3. The Bertz CT molecular complexity index is 1140. The van der Waals surface area contributed by atoms with Crippen LogP contribution in [0.1, 0.15) is 37.9 Å². The highest BCUT2D eigenvalue weighted by molar-refractivity contribution is 5.94. The second kappa shape index (κ2) is 14.5. The summed E-state index contributed by atoms with van der Waals surface area (Å²) in [6, 6.07) is 1.36. The zero-order valence-electron chi connectivity index (χ0n) is 21.7. The van der Waals surface area contributed by atoms with Gasteiger partial charge in [-0.3, -0.25) is 19.2 Å². The molecule has 2 aromatic rings. The quantitative estimate of drug-likeness (QED) is 0.132. The highest BCUT2D eigenvalue weighted by atomic mass is 16.4. The first-order chi connectivity index (χ1) is 18.4. The van der Waals surface area contributed by atoms with E-state index in [2.05, 4.69) is 25.9 Å². The van der Waals surface area contributed by atoms with Crippen LogP contribution < -0.4 is 27.4 Å². The Balaban J connectivity index is 2.19. The van der Waals surface area contributed by atoms with E-state index in [0.29, 0.717) is 11.3 Å². The highest BCUT2D eigenvalue weighted by Crippen LogP contribution is 2.11. The first kappa shape index (κ1) is 30.8. The maximum Gasteiger partial charge on any atom is 0.326 e. The fourth-order valence-corrected chi connectivity index (χ4v) is 3.68.